The van der Waals surface area contributed by atoms with Crippen molar-refractivity contribution in [2.45, 2.75) is 6.18 Å². The smallest absolute Gasteiger partial charge is 0.334 e. The molecular weight excluding hydrogens is 443 g/mol. The molecule has 2 N–H and O–H groups in total. The van der Waals surface area contributed by atoms with Crippen LogP contribution in [0.15, 0.2) is 59.2 Å². The molecule has 0 aliphatic heterocycles. The first-order valence-electron chi connectivity index (χ1n) is 7.71. The summed E-state index contributed by atoms with van der Waals surface area (Å²) in [5, 5.41) is 16.3. The molecule has 11 heteroatoms. The van der Waals surface area contributed by atoms with Gasteiger partial charge < -0.3 is 10.6 Å². The van der Waals surface area contributed by atoms with Gasteiger partial charge in [0.05, 0.1) is 4.92 Å². The number of nitrogens with one attached hydrogen (secondary N) is 2. The molecule has 0 aliphatic carbocycles. The molecule has 0 saturated carbocycles. The second-order valence-corrected chi connectivity index (χ2v) is 6.40. The Kier molecular flexibility index (Phi) is 5.45. The monoisotopic (exact) mass is 453 g/mol. The second kappa shape index (κ2) is 7.80. The largest absolute Gasteiger partial charge is 0.421 e. The molecule has 0 amide bonds. The molecule has 7 nitrogen and oxygen atoms in total. The number of nitro groups is 1. The highest BCUT2D eigenvalue weighted by molar-refractivity contribution is 9.10. The Balaban J connectivity index is 2.00. The number of anilines is 4. The number of alkyl halides is 3. The van der Waals surface area contributed by atoms with Crippen LogP contribution in [-0.4, -0.2) is 14.9 Å². The van der Waals surface area contributed by atoms with Crippen molar-refractivity contribution < 1.29 is 18.1 Å². The van der Waals surface area contributed by atoms with Crippen LogP contribution in [0.4, 0.5) is 42.0 Å². The first-order valence-corrected chi connectivity index (χ1v) is 8.50. The van der Waals surface area contributed by atoms with Crippen molar-refractivity contribution in [3.05, 3.63) is 74.9 Å². The second-order valence-electron chi connectivity index (χ2n) is 5.48. The summed E-state index contributed by atoms with van der Waals surface area (Å²) in [7, 11) is 0. The number of hydrogen-bond donors (Lipinski definition) is 2. The highest BCUT2D eigenvalue weighted by atomic mass is 79.9. The van der Waals surface area contributed by atoms with Gasteiger partial charge in [0, 0.05) is 22.4 Å². The fraction of sp³-hybridized carbons (Fsp3) is 0.0588. The van der Waals surface area contributed by atoms with Gasteiger partial charge in [-0.2, -0.15) is 18.2 Å². The van der Waals surface area contributed by atoms with Gasteiger partial charge >= 0.3 is 6.18 Å². The standard InChI is InChI=1S/C17H11BrF3N5O2/c18-10-5-7-11(8-6-10)23-16-22-9-12(17(19,20)21)15(25-16)24-13-3-1-2-4-14(13)26(27)28/h1-9H,(H2,22,23,24,25). The number of halogens is 4. The summed E-state index contributed by atoms with van der Waals surface area (Å²) < 4.78 is 40.8. The van der Waals surface area contributed by atoms with E-state index in [9.17, 15) is 23.3 Å². The normalized spacial score (nSPS) is 11.1. The third-order valence-corrected chi connectivity index (χ3v) is 4.08. The van der Waals surface area contributed by atoms with E-state index in [2.05, 4.69) is 36.5 Å². The van der Waals surface area contributed by atoms with Crippen molar-refractivity contribution in [3.63, 3.8) is 0 Å². The van der Waals surface area contributed by atoms with Gasteiger partial charge in [0.1, 0.15) is 17.1 Å². The quantitative estimate of drug-likeness (QED) is 0.382. The van der Waals surface area contributed by atoms with E-state index in [1.54, 1.807) is 24.3 Å². The molecule has 3 rings (SSSR count). The van der Waals surface area contributed by atoms with Gasteiger partial charge in [0.25, 0.3) is 5.69 Å². The topological polar surface area (TPSA) is 93.0 Å². The van der Waals surface area contributed by atoms with Crippen LogP contribution < -0.4 is 10.6 Å². The fourth-order valence-corrected chi connectivity index (χ4v) is 2.54. The van der Waals surface area contributed by atoms with Crippen molar-refractivity contribution in [1.82, 2.24) is 9.97 Å². The molecule has 28 heavy (non-hydrogen) atoms. The first-order chi connectivity index (χ1) is 13.2. The van der Waals surface area contributed by atoms with E-state index >= 15 is 0 Å². The van der Waals surface area contributed by atoms with Crippen LogP contribution in [0.25, 0.3) is 0 Å². The van der Waals surface area contributed by atoms with Crippen molar-refractivity contribution in [2.75, 3.05) is 10.6 Å². The molecule has 1 aromatic heterocycles. The average molecular weight is 454 g/mol. The van der Waals surface area contributed by atoms with Crippen LogP contribution in [0.2, 0.25) is 0 Å². The zero-order valence-electron chi connectivity index (χ0n) is 13.9. The van der Waals surface area contributed by atoms with Gasteiger partial charge in [-0.05, 0) is 30.3 Å². The SMILES string of the molecule is O=[N+]([O-])c1ccccc1Nc1nc(Nc2ccc(Br)cc2)ncc1C(F)(F)F. The van der Waals surface area contributed by atoms with Crippen LogP contribution in [0.5, 0.6) is 0 Å². The molecule has 3 aromatic rings. The van der Waals surface area contributed by atoms with Crippen LogP contribution in [0.1, 0.15) is 5.56 Å². The number of para-hydroxylation sites is 2. The first kappa shape index (κ1) is 19.5. The predicted molar refractivity (Wildman–Crippen MR) is 101 cm³/mol. The molecule has 0 saturated heterocycles. The van der Waals surface area contributed by atoms with Gasteiger partial charge in [-0.3, -0.25) is 10.1 Å². The van der Waals surface area contributed by atoms with Crippen molar-refractivity contribution >= 4 is 44.8 Å². The Hall–Kier alpha value is -3.21. The summed E-state index contributed by atoms with van der Waals surface area (Å²) in [6.07, 6.45) is -4.13. The Morgan fingerprint density at radius 3 is 2.36 bits per heavy atom. The molecule has 0 radical (unpaired) electrons. The van der Waals surface area contributed by atoms with Gasteiger partial charge in [-0.15, -0.1) is 0 Å². The number of nitrogens with zero attached hydrogens (tertiary/aromatic N) is 3. The summed E-state index contributed by atoms with van der Waals surface area (Å²) >= 11 is 3.28. The Labute approximate surface area is 164 Å². The van der Waals surface area contributed by atoms with E-state index in [1.165, 1.54) is 24.3 Å². The average Bonchev–Trinajstić information content (AvgIpc) is 2.63. The number of nitro benzene ring substituents is 1. The summed E-state index contributed by atoms with van der Waals surface area (Å²) in [5.74, 6) is -0.701. The number of aromatic nitrogens is 2. The van der Waals surface area contributed by atoms with E-state index in [-0.39, 0.29) is 17.3 Å². The van der Waals surface area contributed by atoms with Gasteiger partial charge in [-0.1, -0.05) is 28.1 Å². The van der Waals surface area contributed by atoms with Gasteiger partial charge in [-0.25, -0.2) is 4.98 Å². The van der Waals surface area contributed by atoms with E-state index in [1.807, 2.05) is 0 Å². The van der Waals surface area contributed by atoms with Crippen LogP contribution in [0, 0.1) is 10.1 Å². The third-order valence-electron chi connectivity index (χ3n) is 3.55. The molecule has 0 unspecified atom stereocenters. The zero-order chi connectivity index (χ0) is 20.3. The maximum Gasteiger partial charge on any atom is 0.421 e. The lowest BCUT2D eigenvalue weighted by molar-refractivity contribution is -0.383. The number of rotatable bonds is 5. The lowest BCUT2D eigenvalue weighted by Crippen LogP contribution is -2.13. The van der Waals surface area contributed by atoms with Crippen LogP contribution in [0.3, 0.4) is 0 Å². The summed E-state index contributed by atoms with van der Waals surface area (Å²) in [5.41, 5.74) is -1.09. The van der Waals surface area contributed by atoms with E-state index in [0.29, 0.717) is 11.9 Å². The summed E-state index contributed by atoms with van der Waals surface area (Å²) in [4.78, 5) is 18.0. The summed E-state index contributed by atoms with van der Waals surface area (Å²) in [6.45, 7) is 0. The minimum absolute atomic E-state index is 0.101. The minimum Gasteiger partial charge on any atom is -0.334 e. The molecule has 0 bridgehead atoms. The maximum absolute atomic E-state index is 13.3. The minimum atomic E-state index is -4.75. The number of hydrogen-bond acceptors (Lipinski definition) is 6. The van der Waals surface area contributed by atoms with Crippen molar-refractivity contribution in [3.8, 4) is 0 Å². The van der Waals surface area contributed by atoms with Crippen LogP contribution >= 0.6 is 15.9 Å². The predicted octanol–water partition coefficient (Wildman–Crippen LogP) is 5.65. The fourth-order valence-electron chi connectivity index (χ4n) is 2.27. The molecule has 0 aliphatic rings. The van der Waals surface area contributed by atoms with Crippen LogP contribution in [-0.2, 0) is 6.18 Å². The molecule has 2 aromatic carbocycles. The highest BCUT2D eigenvalue weighted by Crippen LogP contribution is 2.36. The molecule has 144 valence electrons. The zero-order valence-corrected chi connectivity index (χ0v) is 15.5. The van der Waals surface area contributed by atoms with E-state index in [0.717, 1.165) is 4.47 Å². The van der Waals surface area contributed by atoms with E-state index in [4.69, 9.17) is 0 Å². The van der Waals surface area contributed by atoms with Crippen molar-refractivity contribution in [1.29, 1.82) is 0 Å². The number of benzene rings is 2. The van der Waals surface area contributed by atoms with E-state index < -0.39 is 22.5 Å². The molecular formula is C17H11BrF3N5O2. The maximum atomic E-state index is 13.3. The van der Waals surface area contributed by atoms with Gasteiger partial charge in [0.2, 0.25) is 5.95 Å². The lowest BCUT2D eigenvalue weighted by Gasteiger charge is -2.15. The Morgan fingerprint density at radius 2 is 1.71 bits per heavy atom. The molecule has 0 spiro atoms. The highest BCUT2D eigenvalue weighted by Gasteiger charge is 2.35. The Bertz CT molecular complexity index is 1010. The lowest BCUT2D eigenvalue weighted by atomic mass is 10.2. The van der Waals surface area contributed by atoms with Gasteiger partial charge in [0.15, 0.2) is 0 Å². The van der Waals surface area contributed by atoms with Crippen molar-refractivity contribution in [2.24, 2.45) is 0 Å². The molecule has 1 heterocycles. The Morgan fingerprint density at radius 1 is 1.04 bits per heavy atom. The molecule has 0 atom stereocenters. The third kappa shape index (κ3) is 4.55. The summed E-state index contributed by atoms with van der Waals surface area (Å²) in [6, 6.07) is 12.2. The molecule has 0 fully saturated rings.